The van der Waals surface area contributed by atoms with Crippen molar-refractivity contribution in [3.63, 3.8) is 0 Å². The Morgan fingerprint density at radius 1 is 1.31 bits per heavy atom. The Morgan fingerprint density at radius 2 is 1.81 bits per heavy atom. The first-order valence-corrected chi connectivity index (χ1v) is 9.52. The van der Waals surface area contributed by atoms with Crippen LogP contribution in [0.3, 0.4) is 0 Å². The fourth-order valence-corrected chi connectivity index (χ4v) is 4.92. The average Bonchev–Trinajstić information content (AvgIpc) is 2.17. The molecule has 0 spiro atoms. The molecular formula is C12H22O3Si. The van der Waals surface area contributed by atoms with E-state index in [0.29, 0.717) is 32.3 Å². The normalized spacial score (nSPS) is 20.6. The summed E-state index contributed by atoms with van der Waals surface area (Å²) in [5.41, 5.74) is 0. The van der Waals surface area contributed by atoms with Crippen LogP contribution in [0.4, 0.5) is 0 Å². The minimum Gasteiger partial charge on any atom is -0.466 e. The molecule has 0 bridgehead atoms. The molecule has 1 saturated carbocycles. The molecule has 0 saturated heterocycles. The maximum Gasteiger partial charge on any atom is 0.309 e. The Hall–Kier alpha value is -0.643. The summed E-state index contributed by atoms with van der Waals surface area (Å²) in [6, 6.07) is 0. The number of hydrogen-bond acceptors (Lipinski definition) is 3. The van der Waals surface area contributed by atoms with Crippen LogP contribution < -0.4 is 0 Å². The molecule has 1 fully saturated rings. The number of ether oxygens (including phenoxy) is 1. The number of hydrogen-bond donors (Lipinski definition) is 0. The van der Waals surface area contributed by atoms with Crippen LogP contribution in [-0.2, 0) is 14.3 Å². The van der Waals surface area contributed by atoms with E-state index in [9.17, 15) is 9.59 Å². The second kappa shape index (κ2) is 4.70. The molecule has 1 aliphatic carbocycles. The second-order valence-electron chi connectivity index (χ2n) is 5.59. The molecular weight excluding hydrogens is 220 g/mol. The summed E-state index contributed by atoms with van der Waals surface area (Å²) < 4.78 is 5.23. The van der Waals surface area contributed by atoms with Crippen molar-refractivity contribution in [1.29, 1.82) is 0 Å². The van der Waals surface area contributed by atoms with Crippen molar-refractivity contribution in [3.05, 3.63) is 0 Å². The van der Waals surface area contributed by atoms with Crippen LogP contribution in [0.5, 0.6) is 0 Å². The van der Waals surface area contributed by atoms with Crippen LogP contribution in [0, 0.1) is 0 Å². The lowest BCUT2D eigenvalue weighted by Crippen LogP contribution is -2.48. The summed E-state index contributed by atoms with van der Waals surface area (Å²) in [6.07, 6.45) is 2.48. The summed E-state index contributed by atoms with van der Waals surface area (Å²) in [7, 11) is -1.66. The van der Waals surface area contributed by atoms with Crippen LogP contribution in [0.15, 0.2) is 0 Å². The first-order valence-electron chi connectivity index (χ1n) is 6.02. The van der Waals surface area contributed by atoms with Crippen LogP contribution in [0.25, 0.3) is 0 Å². The van der Waals surface area contributed by atoms with E-state index in [4.69, 9.17) is 4.74 Å². The lowest BCUT2D eigenvalue weighted by atomic mass is 9.87. The van der Waals surface area contributed by atoms with Crippen molar-refractivity contribution < 1.29 is 14.3 Å². The third-order valence-electron chi connectivity index (χ3n) is 3.76. The van der Waals surface area contributed by atoms with Gasteiger partial charge in [0.05, 0.1) is 19.7 Å². The van der Waals surface area contributed by atoms with Gasteiger partial charge in [0.25, 0.3) is 0 Å². The molecule has 0 amide bonds. The highest BCUT2D eigenvalue weighted by molar-refractivity contribution is 6.82. The van der Waals surface area contributed by atoms with Gasteiger partial charge in [-0.05, 0) is 19.8 Å². The Balaban J connectivity index is 2.94. The molecule has 3 nitrogen and oxygen atoms in total. The number of esters is 1. The van der Waals surface area contributed by atoms with Crippen molar-refractivity contribution in [3.8, 4) is 0 Å². The monoisotopic (exact) mass is 242 g/mol. The topological polar surface area (TPSA) is 43.4 Å². The molecule has 0 atom stereocenters. The summed E-state index contributed by atoms with van der Waals surface area (Å²) in [5.74, 6) is 0.222. The summed E-state index contributed by atoms with van der Waals surface area (Å²) in [5, 5.41) is -0.336. The van der Waals surface area contributed by atoms with Crippen LogP contribution in [0.2, 0.25) is 24.7 Å². The molecule has 0 N–H and O–H groups in total. The molecule has 0 aromatic rings. The molecule has 1 aliphatic rings. The third-order valence-corrected chi connectivity index (χ3v) is 7.34. The van der Waals surface area contributed by atoms with Crippen molar-refractivity contribution in [1.82, 2.24) is 0 Å². The Kier molecular flexibility index (Phi) is 3.94. The van der Waals surface area contributed by atoms with E-state index >= 15 is 0 Å². The molecule has 92 valence electrons. The lowest BCUT2D eigenvalue weighted by molar-refractivity contribution is -0.148. The first-order chi connectivity index (χ1) is 7.33. The van der Waals surface area contributed by atoms with Gasteiger partial charge < -0.3 is 4.74 Å². The van der Waals surface area contributed by atoms with E-state index in [1.807, 2.05) is 6.92 Å². The van der Waals surface area contributed by atoms with E-state index in [2.05, 4.69) is 19.6 Å². The minimum absolute atomic E-state index is 0.0679. The molecule has 1 rings (SSSR count). The molecule has 0 heterocycles. The Bertz CT molecular complexity index is 281. The van der Waals surface area contributed by atoms with E-state index in [0.717, 1.165) is 0 Å². The molecule has 0 radical (unpaired) electrons. The minimum atomic E-state index is -1.66. The highest BCUT2D eigenvalue weighted by atomic mass is 28.3. The van der Waals surface area contributed by atoms with Gasteiger partial charge in [0.2, 0.25) is 0 Å². The molecule has 0 unspecified atom stereocenters. The zero-order chi connectivity index (χ0) is 12.4. The predicted molar refractivity (Wildman–Crippen MR) is 66.1 cm³/mol. The summed E-state index contributed by atoms with van der Waals surface area (Å²) in [4.78, 5) is 23.5. The van der Waals surface area contributed by atoms with E-state index in [1.54, 1.807) is 0 Å². The largest absolute Gasteiger partial charge is 0.466 e. The molecule has 4 heteroatoms. The van der Waals surface area contributed by atoms with Gasteiger partial charge in [-0.2, -0.15) is 0 Å². The standard InChI is InChI=1S/C12H22O3Si/c1-5-15-11(14)12(16(2,3)4)8-6-10(13)7-9-12/h5-9H2,1-4H3. The highest BCUT2D eigenvalue weighted by Gasteiger charge is 2.52. The summed E-state index contributed by atoms with van der Waals surface area (Å²) in [6.45, 7) is 8.85. The van der Waals surface area contributed by atoms with E-state index in [1.165, 1.54) is 0 Å². The zero-order valence-electron chi connectivity index (χ0n) is 10.8. The van der Waals surface area contributed by atoms with Crippen molar-refractivity contribution in [2.45, 2.75) is 57.3 Å². The van der Waals surface area contributed by atoms with Gasteiger partial charge in [-0.15, -0.1) is 0 Å². The fourth-order valence-electron chi connectivity index (χ4n) is 2.49. The van der Waals surface area contributed by atoms with E-state index < -0.39 is 8.07 Å². The lowest BCUT2D eigenvalue weighted by Gasteiger charge is -2.43. The number of carbonyl (C=O) groups is 2. The SMILES string of the molecule is CCOC(=O)C1([Si](C)(C)C)CCC(=O)CC1. The average molecular weight is 242 g/mol. The fraction of sp³-hybridized carbons (Fsp3) is 0.833. The molecule has 0 aliphatic heterocycles. The predicted octanol–water partition coefficient (Wildman–Crippen LogP) is 2.77. The number of ketones is 1. The maximum absolute atomic E-state index is 12.2. The summed E-state index contributed by atoms with van der Waals surface area (Å²) >= 11 is 0. The van der Waals surface area contributed by atoms with Crippen molar-refractivity contribution >= 4 is 19.8 Å². The zero-order valence-corrected chi connectivity index (χ0v) is 11.8. The van der Waals surface area contributed by atoms with Crippen LogP contribution >= 0.6 is 0 Å². The van der Waals surface area contributed by atoms with Gasteiger partial charge in [0.1, 0.15) is 5.78 Å². The van der Waals surface area contributed by atoms with Gasteiger partial charge in [-0.1, -0.05) is 19.6 Å². The van der Waals surface area contributed by atoms with Crippen molar-refractivity contribution in [2.75, 3.05) is 6.61 Å². The quantitative estimate of drug-likeness (QED) is 0.564. The van der Waals surface area contributed by atoms with Gasteiger partial charge in [0.15, 0.2) is 0 Å². The number of rotatable bonds is 3. The Labute approximate surface area is 98.6 Å². The van der Waals surface area contributed by atoms with Gasteiger partial charge in [0, 0.05) is 12.8 Å². The van der Waals surface area contributed by atoms with Gasteiger partial charge in [-0.25, -0.2) is 0 Å². The Morgan fingerprint density at radius 3 is 2.19 bits per heavy atom. The van der Waals surface area contributed by atoms with Crippen LogP contribution in [-0.4, -0.2) is 26.4 Å². The second-order valence-corrected chi connectivity index (χ2v) is 11.0. The maximum atomic E-state index is 12.2. The molecule has 16 heavy (non-hydrogen) atoms. The molecule has 0 aromatic carbocycles. The van der Waals surface area contributed by atoms with Gasteiger partial charge in [-0.3, -0.25) is 9.59 Å². The first kappa shape index (κ1) is 13.4. The van der Waals surface area contributed by atoms with Gasteiger partial charge >= 0.3 is 5.97 Å². The van der Waals surface area contributed by atoms with E-state index in [-0.39, 0.29) is 16.8 Å². The third kappa shape index (κ3) is 2.37. The molecule has 0 aromatic heterocycles. The van der Waals surface area contributed by atoms with Crippen molar-refractivity contribution in [2.24, 2.45) is 0 Å². The smallest absolute Gasteiger partial charge is 0.309 e. The number of carbonyl (C=O) groups excluding carboxylic acids is 2. The number of Topliss-reactive ketones (excluding diaryl/α,β-unsaturated/α-hetero) is 1. The van der Waals surface area contributed by atoms with Crippen LogP contribution in [0.1, 0.15) is 32.6 Å². The highest BCUT2D eigenvalue weighted by Crippen LogP contribution is 2.50.